The second-order valence-corrected chi connectivity index (χ2v) is 3.36. The molecular formula is C11H12O4. The molecule has 80 valence electrons. The summed E-state index contributed by atoms with van der Waals surface area (Å²) in [6, 6.07) is 3.57. The van der Waals surface area contributed by atoms with Crippen molar-refractivity contribution in [3.05, 3.63) is 17.7 Å². The maximum absolute atomic E-state index is 11.1. The summed E-state index contributed by atoms with van der Waals surface area (Å²) in [4.78, 5) is 11.1. The van der Waals surface area contributed by atoms with Gasteiger partial charge in [-0.1, -0.05) is 0 Å². The first-order valence-electron chi connectivity index (χ1n) is 4.67. The van der Waals surface area contributed by atoms with E-state index in [-0.39, 0.29) is 12.6 Å². The van der Waals surface area contributed by atoms with Gasteiger partial charge in [0.1, 0.15) is 11.5 Å². The Kier molecular flexibility index (Phi) is 2.49. The highest BCUT2D eigenvalue weighted by Gasteiger charge is 2.22. The fourth-order valence-electron chi connectivity index (χ4n) is 1.62. The van der Waals surface area contributed by atoms with Crippen molar-refractivity contribution in [3.8, 4) is 17.2 Å². The third kappa shape index (κ3) is 1.75. The van der Waals surface area contributed by atoms with Gasteiger partial charge in [-0.3, -0.25) is 4.79 Å². The molecule has 0 saturated carbocycles. The van der Waals surface area contributed by atoms with Gasteiger partial charge >= 0.3 is 0 Å². The Morgan fingerprint density at radius 3 is 2.93 bits per heavy atom. The minimum Gasteiger partial charge on any atom is -0.496 e. The Hall–Kier alpha value is -1.71. The molecular weight excluding hydrogens is 196 g/mol. The van der Waals surface area contributed by atoms with E-state index in [0.717, 1.165) is 5.56 Å². The maximum Gasteiger partial charge on any atom is 0.231 e. The van der Waals surface area contributed by atoms with Crippen molar-refractivity contribution < 1.29 is 19.0 Å². The number of rotatable bonds is 3. The summed E-state index contributed by atoms with van der Waals surface area (Å²) in [6.45, 7) is 1.74. The molecule has 0 bridgehead atoms. The van der Waals surface area contributed by atoms with Crippen LogP contribution in [0.15, 0.2) is 12.1 Å². The summed E-state index contributed by atoms with van der Waals surface area (Å²) in [6.07, 6.45) is 0.301. The normalized spacial score (nSPS) is 12.7. The second kappa shape index (κ2) is 3.81. The standard InChI is InChI=1S/C11H12O4/c1-7(12)5-8-9(13-2)3-4-10-11(8)15-6-14-10/h3-4H,5-6H2,1-2H3. The number of benzene rings is 1. The lowest BCUT2D eigenvalue weighted by molar-refractivity contribution is -0.116. The average molecular weight is 208 g/mol. The van der Waals surface area contributed by atoms with Crippen LogP contribution in [-0.4, -0.2) is 19.7 Å². The molecule has 15 heavy (non-hydrogen) atoms. The van der Waals surface area contributed by atoms with Crippen LogP contribution in [0.5, 0.6) is 17.2 Å². The van der Waals surface area contributed by atoms with Gasteiger partial charge in [0, 0.05) is 12.0 Å². The first-order chi connectivity index (χ1) is 7.22. The van der Waals surface area contributed by atoms with Gasteiger partial charge in [0.05, 0.1) is 7.11 Å². The summed E-state index contributed by atoms with van der Waals surface area (Å²) < 4.78 is 15.7. The molecule has 4 heteroatoms. The lowest BCUT2D eigenvalue weighted by Crippen LogP contribution is -2.01. The number of carbonyl (C=O) groups is 1. The van der Waals surface area contributed by atoms with E-state index in [1.807, 2.05) is 0 Å². The molecule has 1 aliphatic rings. The van der Waals surface area contributed by atoms with Crippen LogP contribution in [0.4, 0.5) is 0 Å². The average Bonchev–Trinajstić information content (AvgIpc) is 2.65. The fourth-order valence-corrected chi connectivity index (χ4v) is 1.62. The number of methoxy groups -OCH3 is 1. The van der Waals surface area contributed by atoms with E-state index in [2.05, 4.69) is 0 Å². The molecule has 0 fully saturated rings. The van der Waals surface area contributed by atoms with Crippen LogP contribution < -0.4 is 14.2 Å². The number of ether oxygens (including phenoxy) is 3. The lowest BCUT2D eigenvalue weighted by atomic mass is 10.1. The molecule has 0 radical (unpaired) electrons. The number of fused-ring (bicyclic) bond motifs is 1. The smallest absolute Gasteiger partial charge is 0.231 e. The van der Waals surface area contributed by atoms with E-state index in [0.29, 0.717) is 23.7 Å². The van der Waals surface area contributed by atoms with Gasteiger partial charge in [0.2, 0.25) is 6.79 Å². The van der Waals surface area contributed by atoms with E-state index in [1.54, 1.807) is 19.2 Å². The summed E-state index contributed by atoms with van der Waals surface area (Å²) in [5.41, 5.74) is 0.764. The first-order valence-corrected chi connectivity index (χ1v) is 4.67. The van der Waals surface area contributed by atoms with Crippen LogP contribution in [0.2, 0.25) is 0 Å². The predicted molar refractivity (Wildman–Crippen MR) is 53.5 cm³/mol. The molecule has 1 aliphatic heterocycles. The van der Waals surface area contributed by atoms with Crippen LogP contribution in [-0.2, 0) is 11.2 Å². The molecule has 0 aromatic heterocycles. The van der Waals surface area contributed by atoms with Crippen molar-refractivity contribution in [2.45, 2.75) is 13.3 Å². The topological polar surface area (TPSA) is 44.8 Å². The van der Waals surface area contributed by atoms with E-state index in [4.69, 9.17) is 14.2 Å². The minimum absolute atomic E-state index is 0.0669. The third-order valence-corrected chi connectivity index (χ3v) is 2.24. The number of ketones is 1. The highest BCUT2D eigenvalue weighted by molar-refractivity contribution is 5.80. The Bertz CT molecular complexity index is 398. The molecule has 1 aromatic rings. The van der Waals surface area contributed by atoms with Gasteiger partial charge in [-0.15, -0.1) is 0 Å². The Balaban J connectivity index is 2.47. The third-order valence-electron chi connectivity index (χ3n) is 2.24. The van der Waals surface area contributed by atoms with Gasteiger partial charge in [-0.25, -0.2) is 0 Å². The van der Waals surface area contributed by atoms with Gasteiger partial charge in [-0.2, -0.15) is 0 Å². The molecule has 0 spiro atoms. The Morgan fingerprint density at radius 1 is 1.47 bits per heavy atom. The molecule has 0 saturated heterocycles. The van der Waals surface area contributed by atoms with Crippen molar-refractivity contribution in [3.63, 3.8) is 0 Å². The molecule has 0 unspecified atom stereocenters. The van der Waals surface area contributed by atoms with Gasteiger partial charge in [0.25, 0.3) is 0 Å². The molecule has 4 nitrogen and oxygen atoms in total. The quantitative estimate of drug-likeness (QED) is 0.756. The highest BCUT2D eigenvalue weighted by Crippen LogP contribution is 2.40. The molecule has 1 aromatic carbocycles. The zero-order valence-corrected chi connectivity index (χ0v) is 8.70. The zero-order chi connectivity index (χ0) is 10.8. The number of Topliss-reactive ketones (excluding diaryl/α,β-unsaturated/α-hetero) is 1. The van der Waals surface area contributed by atoms with E-state index >= 15 is 0 Å². The molecule has 0 atom stereocenters. The molecule has 1 heterocycles. The number of carbonyl (C=O) groups excluding carboxylic acids is 1. The summed E-state index contributed by atoms with van der Waals surface area (Å²) in [5, 5.41) is 0. The van der Waals surface area contributed by atoms with Crippen molar-refractivity contribution in [1.82, 2.24) is 0 Å². The SMILES string of the molecule is COc1ccc2c(c1CC(C)=O)OCO2. The van der Waals surface area contributed by atoms with E-state index < -0.39 is 0 Å². The van der Waals surface area contributed by atoms with Crippen molar-refractivity contribution in [1.29, 1.82) is 0 Å². The van der Waals surface area contributed by atoms with Crippen LogP contribution in [0.3, 0.4) is 0 Å². The van der Waals surface area contributed by atoms with Crippen LogP contribution >= 0.6 is 0 Å². The molecule has 0 amide bonds. The van der Waals surface area contributed by atoms with E-state index in [9.17, 15) is 4.79 Å². The van der Waals surface area contributed by atoms with E-state index in [1.165, 1.54) is 6.92 Å². The van der Waals surface area contributed by atoms with Crippen molar-refractivity contribution in [2.75, 3.05) is 13.9 Å². The molecule has 2 rings (SSSR count). The van der Waals surface area contributed by atoms with Crippen LogP contribution in [0.1, 0.15) is 12.5 Å². The second-order valence-electron chi connectivity index (χ2n) is 3.36. The Morgan fingerprint density at radius 2 is 2.27 bits per heavy atom. The summed E-state index contributed by atoms with van der Waals surface area (Å²) >= 11 is 0. The van der Waals surface area contributed by atoms with Gasteiger partial charge in [0.15, 0.2) is 11.5 Å². The highest BCUT2D eigenvalue weighted by atomic mass is 16.7. The fraction of sp³-hybridized carbons (Fsp3) is 0.364. The number of hydrogen-bond donors (Lipinski definition) is 0. The predicted octanol–water partition coefficient (Wildman–Crippen LogP) is 1.56. The monoisotopic (exact) mass is 208 g/mol. The van der Waals surface area contributed by atoms with Crippen LogP contribution in [0.25, 0.3) is 0 Å². The summed E-state index contributed by atoms with van der Waals surface area (Å²) in [7, 11) is 1.57. The van der Waals surface area contributed by atoms with Gasteiger partial charge in [-0.05, 0) is 19.1 Å². The zero-order valence-electron chi connectivity index (χ0n) is 8.70. The maximum atomic E-state index is 11.1. The first kappa shape index (κ1) is 9.83. The number of hydrogen-bond acceptors (Lipinski definition) is 4. The largest absolute Gasteiger partial charge is 0.496 e. The van der Waals surface area contributed by atoms with Gasteiger partial charge < -0.3 is 14.2 Å². The lowest BCUT2D eigenvalue weighted by Gasteiger charge is -2.09. The van der Waals surface area contributed by atoms with Crippen LogP contribution in [0, 0.1) is 0 Å². The minimum atomic E-state index is 0.0669. The summed E-state index contributed by atoms with van der Waals surface area (Å²) in [5.74, 6) is 2.03. The van der Waals surface area contributed by atoms with Crippen molar-refractivity contribution in [2.24, 2.45) is 0 Å². The Labute approximate surface area is 87.8 Å². The molecule has 0 aliphatic carbocycles. The molecule has 0 N–H and O–H groups in total. The van der Waals surface area contributed by atoms with Crippen molar-refractivity contribution >= 4 is 5.78 Å².